The summed E-state index contributed by atoms with van der Waals surface area (Å²) in [5.41, 5.74) is 0.0780. The topological polar surface area (TPSA) is 64.3 Å². The van der Waals surface area contributed by atoms with Crippen molar-refractivity contribution in [2.75, 3.05) is 13.1 Å². The van der Waals surface area contributed by atoms with E-state index in [0.717, 1.165) is 23.0 Å². The van der Waals surface area contributed by atoms with Crippen molar-refractivity contribution in [3.63, 3.8) is 0 Å². The van der Waals surface area contributed by atoms with Gasteiger partial charge < -0.3 is 4.90 Å². The van der Waals surface area contributed by atoms with Crippen LogP contribution >= 0.6 is 0 Å². The molecule has 1 amide bonds. The molecule has 25 heavy (non-hydrogen) atoms. The first-order valence-electron chi connectivity index (χ1n) is 8.66. The molecule has 0 N–H and O–H groups in total. The number of likely N-dealkylation sites (tertiary alicyclic amines) is 1. The van der Waals surface area contributed by atoms with Crippen molar-refractivity contribution in [1.82, 2.24) is 14.0 Å². The Morgan fingerprint density at radius 1 is 1.08 bits per heavy atom. The van der Waals surface area contributed by atoms with Crippen LogP contribution < -0.4 is 11.2 Å². The Morgan fingerprint density at radius 2 is 1.76 bits per heavy atom. The van der Waals surface area contributed by atoms with Crippen molar-refractivity contribution >= 4 is 5.91 Å². The zero-order valence-electron chi connectivity index (χ0n) is 14.4. The summed E-state index contributed by atoms with van der Waals surface area (Å²) >= 11 is 0. The third-order valence-electron chi connectivity index (χ3n) is 4.77. The smallest absolute Gasteiger partial charge is 0.331 e. The average Bonchev–Trinajstić information content (AvgIpc) is 2.62. The lowest BCUT2D eigenvalue weighted by Gasteiger charge is -2.30. The number of benzene rings is 1. The van der Waals surface area contributed by atoms with Crippen molar-refractivity contribution in [3.05, 3.63) is 69.0 Å². The van der Waals surface area contributed by atoms with E-state index in [1.165, 1.54) is 16.8 Å². The highest BCUT2D eigenvalue weighted by Crippen LogP contribution is 2.15. The summed E-state index contributed by atoms with van der Waals surface area (Å²) in [6.45, 7) is 3.74. The molecule has 0 saturated carbocycles. The van der Waals surface area contributed by atoms with E-state index in [-0.39, 0.29) is 12.5 Å². The fourth-order valence-corrected chi connectivity index (χ4v) is 3.10. The maximum atomic E-state index is 12.6. The summed E-state index contributed by atoms with van der Waals surface area (Å²) in [6.07, 6.45) is 3.42. The van der Waals surface area contributed by atoms with Crippen LogP contribution in [0.2, 0.25) is 0 Å². The third kappa shape index (κ3) is 4.07. The minimum Gasteiger partial charge on any atom is -0.341 e. The van der Waals surface area contributed by atoms with Crippen molar-refractivity contribution in [2.45, 2.75) is 32.9 Å². The molecule has 1 aromatic heterocycles. The molecule has 0 aliphatic carbocycles. The van der Waals surface area contributed by atoms with Gasteiger partial charge in [-0.2, -0.15) is 0 Å². The van der Waals surface area contributed by atoms with E-state index in [1.807, 2.05) is 30.3 Å². The first-order chi connectivity index (χ1) is 12.0. The standard InChI is InChI=1S/C19H23N3O3/c1-15-7-10-20(11-8-15)18(24)14-22-17(23)9-12-21(19(22)25)13-16-5-3-2-4-6-16/h2-6,9,12,15H,7-8,10-11,13-14H2,1H3. The molecular weight excluding hydrogens is 318 g/mol. The summed E-state index contributed by atoms with van der Waals surface area (Å²) in [6, 6.07) is 10.9. The number of carbonyl (C=O) groups excluding carboxylic acids is 1. The molecule has 6 nitrogen and oxygen atoms in total. The Balaban J connectivity index is 1.79. The number of hydrogen-bond acceptors (Lipinski definition) is 3. The molecule has 1 aliphatic rings. The molecule has 1 fully saturated rings. The second-order valence-electron chi connectivity index (χ2n) is 6.70. The van der Waals surface area contributed by atoms with Gasteiger partial charge in [-0.05, 0) is 24.3 Å². The molecule has 6 heteroatoms. The number of piperidine rings is 1. The van der Waals surface area contributed by atoms with Crippen LogP contribution in [0.3, 0.4) is 0 Å². The van der Waals surface area contributed by atoms with E-state index in [9.17, 15) is 14.4 Å². The predicted octanol–water partition coefficient (Wildman–Crippen LogP) is 1.32. The van der Waals surface area contributed by atoms with Crippen molar-refractivity contribution in [1.29, 1.82) is 0 Å². The number of aromatic nitrogens is 2. The lowest BCUT2D eigenvalue weighted by atomic mass is 9.99. The summed E-state index contributed by atoms with van der Waals surface area (Å²) in [5, 5.41) is 0. The quantitative estimate of drug-likeness (QED) is 0.842. The van der Waals surface area contributed by atoms with E-state index >= 15 is 0 Å². The van der Waals surface area contributed by atoms with Crippen LogP contribution in [-0.2, 0) is 17.9 Å². The van der Waals surface area contributed by atoms with Gasteiger partial charge in [-0.25, -0.2) is 4.79 Å². The molecule has 2 aromatic rings. The Bertz CT molecular complexity index is 846. The molecule has 3 rings (SSSR count). The molecule has 1 aliphatic heterocycles. The number of rotatable bonds is 4. The van der Waals surface area contributed by atoms with E-state index in [4.69, 9.17) is 0 Å². The number of amides is 1. The van der Waals surface area contributed by atoms with Gasteiger partial charge in [0.15, 0.2) is 0 Å². The molecule has 132 valence electrons. The molecule has 0 radical (unpaired) electrons. The molecule has 0 spiro atoms. The fourth-order valence-electron chi connectivity index (χ4n) is 3.10. The minimum atomic E-state index is -0.449. The first-order valence-corrected chi connectivity index (χ1v) is 8.66. The maximum absolute atomic E-state index is 12.6. The Morgan fingerprint density at radius 3 is 2.44 bits per heavy atom. The summed E-state index contributed by atoms with van der Waals surface area (Å²) in [7, 11) is 0. The second kappa shape index (κ2) is 7.51. The first kappa shape index (κ1) is 17.2. The zero-order valence-corrected chi connectivity index (χ0v) is 14.4. The third-order valence-corrected chi connectivity index (χ3v) is 4.77. The van der Waals surface area contributed by atoms with Crippen LogP contribution in [0.25, 0.3) is 0 Å². The fraction of sp³-hybridized carbons (Fsp3) is 0.421. The van der Waals surface area contributed by atoms with E-state index in [1.54, 1.807) is 4.90 Å². The van der Waals surface area contributed by atoms with E-state index in [0.29, 0.717) is 25.6 Å². The highest BCUT2D eigenvalue weighted by Gasteiger charge is 2.21. The van der Waals surface area contributed by atoms with Crippen molar-refractivity contribution in [2.24, 2.45) is 5.92 Å². The highest BCUT2D eigenvalue weighted by molar-refractivity contribution is 5.76. The van der Waals surface area contributed by atoms with Gasteiger partial charge in [-0.1, -0.05) is 37.3 Å². The summed E-state index contributed by atoms with van der Waals surface area (Å²) in [4.78, 5) is 38.9. The van der Waals surface area contributed by atoms with Crippen molar-refractivity contribution < 1.29 is 4.79 Å². The summed E-state index contributed by atoms with van der Waals surface area (Å²) < 4.78 is 2.49. The Hall–Kier alpha value is -2.63. The molecule has 0 atom stereocenters. The summed E-state index contributed by atoms with van der Waals surface area (Å²) in [5.74, 6) is 0.454. The second-order valence-corrected chi connectivity index (χ2v) is 6.70. The Kier molecular flexibility index (Phi) is 5.16. The lowest BCUT2D eigenvalue weighted by molar-refractivity contribution is -0.133. The SMILES string of the molecule is CC1CCN(C(=O)Cn2c(=O)ccn(Cc3ccccc3)c2=O)CC1. The molecule has 1 aromatic carbocycles. The van der Waals surface area contributed by atoms with Crippen LogP contribution in [0.4, 0.5) is 0 Å². The van der Waals surface area contributed by atoms with Gasteiger partial charge in [0.1, 0.15) is 6.54 Å². The molecule has 0 bridgehead atoms. The van der Waals surface area contributed by atoms with E-state index in [2.05, 4.69) is 6.92 Å². The van der Waals surface area contributed by atoms with Gasteiger partial charge in [0.25, 0.3) is 5.56 Å². The van der Waals surface area contributed by atoms with Crippen molar-refractivity contribution in [3.8, 4) is 0 Å². The molecule has 1 saturated heterocycles. The van der Waals surface area contributed by atoms with Crippen LogP contribution in [0.1, 0.15) is 25.3 Å². The van der Waals surface area contributed by atoms with Gasteiger partial charge in [-0.15, -0.1) is 0 Å². The highest BCUT2D eigenvalue weighted by atomic mass is 16.2. The molecule has 0 unspecified atom stereocenters. The predicted molar refractivity (Wildman–Crippen MR) is 95.5 cm³/mol. The van der Waals surface area contributed by atoms with Crippen LogP contribution in [0.5, 0.6) is 0 Å². The normalized spacial score (nSPS) is 15.3. The zero-order chi connectivity index (χ0) is 17.8. The monoisotopic (exact) mass is 341 g/mol. The Labute approximate surface area is 146 Å². The molecule has 2 heterocycles. The number of carbonyl (C=O) groups is 1. The van der Waals surface area contributed by atoms with Gasteiger partial charge >= 0.3 is 5.69 Å². The number of nitrogens with zero attached hydrogens (tertiary/aromatic N) is 3. The van der Waals surface area contributed by atoms with Gasteiger partial charge in [0.05, 0.1) is 6.54 Å². The van der Waals surface area contributed by atoms with Gasteiger partial charge in [0.2, 0.25) is 5.91 Å². The average molecular weight is 341 g/mol. The van der Waals surface area contributed by atoms with E-state index < -0.39 is 11.2 Å². The largest absolute Gasteiger partial charge is 0.341 e. The van der Waals surface area contributed by atoms with Crippen LogP contribution in [0.15, 0.2) is 52.2 Å². The minimum absolute atomic E-state index is 0.163. The molecular formula is C19H23N3O3. The van der Waals surface area contributed by atoms with Gasteiger partial charge in [-0.3, -0.25) is 18.7 Å². The van der Waals surface area contributed by atoms with Gasteiger partial charge in [0, 0.05) is 25.4 Å². The number of hydrogen-bond donors (Lipinski definition) is 0. The lowest BCUT2D eigenvalue weighted by Crippen LogP contribution is -2.46. The maximum Gasteiger partial charge on any atom is 0.331 e. The van der Waals surface area contributed by atoms with Crippen LogP contribution in [-0.4, -0.2) is 33.0 Å². The van der Waals surface area contributed by atoms with Crippen LogP contribution in [0, 0.1) is 5.92 Å².